The summed E-state index contributed by atoms with van der Waals surface area (Å²) >= 11 is 1.59. The Bertz CT molecular complexity index is 691. The molecule has 0 aliphatic carbocycles. The first-order valence-electron chi connectivity index (χ1n) is 5.14. The maximum absolute atomic E-state index is 8.83. The first kappa shape index (κ1) is 10.7. The molecule has 0 N–H and O–H groups in total. The summed E-state index contributed by atoms with van der Waals surface area (Å²) in [4.78, 5) is 1.03. The monoisotopic (exact) mass is 257 g/mol. The van der Waals surface area contributed by atoms with Crippen molar-refractivity contribution in [2.75, 3.05) is 0 Å². The number of hydrogen-bond acceptors (Lipinski definition) is 6. The average Bonchev–Trinajstić information content (AvgIpc) is 3.10. The second-order valence-corrected chi connectivity index (χ2v) is 4.50. The minimum atomic E-state index is 0.260. The van der Waals surface area contributed by atoms with Crippen molar-refractivity contribution in [3.63, 3.8) is 0 Å². The van der Waals surface area contributed by atoms with Crippen LogP contribution in [-0.4, -0.2) is 19.9 Å². The lowest BCUT2D eigenvalue weighted by Crippen LogP contribution is -2.01. The van der Waals surface area contributed by atoms with Gasteiger partial charge in [0.25, 0.3) is 0 Å². The van der Waals surface area contributed by atoms with Crippen LogP contribution in [0.1, 0.15) is 11.5 Å². The molecule has 0 radical (unpaired) electrons. The van der Waals surface area contributed by atoms with Crippen LogP contribution in [0.4, 0.5) is 0 Å². The van der Waals surface area contributed by atoms with E-state index in [2.05, 4.69) is 15.4 Å². The first-order chi connectivity index (χ1) is 8.86. The van der Waals surface area contributed by atoms with Gasteiger partial charge in [0, 0.05) is 6.07 Å². The van der Waals surface area contributed by atoms with Crippen molar-refractivity contribution in [3.05, 3.63) is 41.4 Å². The van der Waals surface area contributed by atoms with Crippen LogP contribution in [0.3, 0.4) is 0 Å². The highest BCUT2D eigenvalue weighted by molar-refractivity contribution is 7.13. The summed E-state index contributed by atoms with van der Waals surface area (Å²) in [6.07, 6.45) is 1.50. The third-order valence-electron chi connectivity index (χ3n) is 2.37. The van der Waals surface area contributed by atoms with Crippen molar-refractivity contribution in [1.82, 2.24) is 19.9 Å². The van der Waals surface area contributed by atoms with Crippen LogP contribution in [0, 0.1) is 11.3 Å². The van der Waals surface area contributed by atoms with Crippen LogP contribution in [-0.2, 0) is 6.54 Å². The number of nitrogens with zero attached hydrogens (tertiary/aromatic N) is 5. The quantitative estimate of drug-likeness (QED) is 0.716. The van der Waals surface area contributed by atoms with Gasteiger partial charge in [-0.15, -0.1) is 21.5 Å². The zero-order valence-corrected chi connectivity index (χ0v) is 9.96. The summed E-state index contributed by atoms with van der Waals surface area (Å²) in [6, 6.07) is 7.74. The molecule has 0 unspecified atom stereocenters. The van der Waals surface area contributed by atoms with Crippen molar-refractivity contribution >= 4 is 11.3 Å². The third-order valence-corrected chi connectivity index (χ3v) is 3.26. The molecule has 0 fully saturated rings. The van der Waals surface area contributed by atoms with Crippen molar-refractivity contribution in [2.45, 2.75) is 6.54 Å². The van der Waals surface area contributed by atoms with Crippen molar-refractivity contribution in [2.24, 2.45) is 0 Å². The third kappa shape index (κ3) is 1.89. The predicted octanol–water partition coefficient (Wildman–Crippen LogP) is 1.91. The molecule has 0 aliphatic rings. The standard InChI is InChI=1S/C11H7N5OS/c12-5-11-14-13-7-16(11)6-8-4-9(17-15-8)10-2-1-3-18-10/h1-4,7H,6H2. The largest absolute Gasteiger partial charge is 0.355 e. The molecule has 3 rings (SSSR count). The van der Waals surface area contributed by atoms with Crippen LogP contribution in [0.25, 0.3) is 10.6 Å². The minimum Gasteiger partial charge on any atom is -0.355 e. The number of hydrogen-bond donors (Lipinski definition) is 0. The van der Waals surface area contributed by atoms with Gasteiger partial charge in [-0.3, -0.25) is 4.57 Å². The normalized spacial score (nSPS) is 10.4. The lowest BCUT2D eigenvalue weighted by atomic mass is 10.3. The molecule has 88 valence electrons. The molecule has 7 heteroatoms. The summed E-state index contributed by atoms with van der Waals surface area (Å²) < 4.78 is 6.88. The molecule has 18 heavy (non-hydrogen) atoms. The van der Waals surface area contributed by atoms with E-state index in [0.29, 0.717) is 6.54 Å². The van der Waals surface area contributed by atoms with Crippen LogP contribution in [0.5, 0.6) is 0 Å². The zero-order valence-electron chi connectivity index (χ0n) is 9.15. The molecule has 0 aliphatic heterocycles. The average molecular weight is 257 g/mol. The lowest BCUT2D eigenvalue weighted by Gasteiger charge is -1.96. The van der Waals surface area contributed by atoms with Crippen molar-refractivity contribution in [1.29, 1.82) is 5.26 Å². The first-order valence-corrected chi connectivity index (χ1v) is 6.02. The van der Waals surface area contributed by atoms with Crippen LogP contribution >= 0.6 is 11.3 Å². The molecule has 0 saturated carbocycles. The predicted molar refractivity (Wildman–Crippen MR) is 63.7 cm³/mol. The van der Waals surface area contributed by atoms with Gasteiger partial charge in [0.05, 0.1) is 11.4 Å². The Labute approximate surface area is 106 Å². The fraction of sp³-hybridized carbons (Fsp3) is 0.0909. The molecular formula is C11H7N5OS. The maximum atomic E-state index is 8.83. The molecule has 0 aromatic carbocycles. The fourth-order valence-electron chi connectivity index (χ4n) is 1.55. The van der Waals surface area contributed by atoms with E-state index in [9.17, 15) is 0 Å². The zero-order chi connectivity index (χ0) is 12.4. The van der Waals surface area contributed by atoms with Crippen molar-refractivity contribution in [3.8, 4) is 16.7 Å². The minimum absolute atomic E-state index is 0.260. The Morgan fingerprint density at radius 3 is 3.22 bits per heavy atom. The molecular weight excluding hydrogens is 250 g/mol. The molecule has 0 saturated heterocycles. The molecule has 3 heterocycles. The summed E-state index contributed by atoms with van der Waals surface area (Å²) in [5.41, 5.74) is 0.731. The molecule has 0 spiro atoms. The molecule has 3 aromatic rings. The number of aromatic nitrogens is 4. The highest BCUT2D eigenvalue weighted by Crippen LogP contribution is 2.25. The Hall–Kier alpha value is -2.46. The lowest BCUT2D eigenvalue weighted by molar-refractivity contribution is 0.422. The Balaban J connectivity index is 1.85. The smallest absolute Gasteiger partial charge is 0.235 e. The molecule has 0 atom stereocenters. The van der Waals surface area contributed by atoms with E-state index in [0.717, 1.165) is 16.3 Å². The summed E-state index contributed by atoms with van der Waals surface area (Å²) in [5, 5.41) is 22.1. The van der Waals surface area contributed by atoms with E-state index in [1.807, 2.05) is 29.6 Å². The van der Waals surface area contributed by atoms with Gasteiger partial charge >= 0.3 is 0 Å². The van der Waals surface area contributed by atoms with E-state index < -0.39 is 0 Å². The van der Waals surface area contributed by atoms with Gasteiger partial charge in [0.2, 0.25) is 5.82 Å². The Morgan fingerprint density at radius 1 is 1.50 bits per heavy atom. The second-order valence-electron chi connectivity index (χ2n) is 3.55. The van der Waals surface area contributed by atoms with Gasteiger partial charge in [-0.25, -0.2) is 0 Å². The second kappa shape index (κ2) is 4.43. The molecule has 6 nitrogen and oxygen atoms in total. The van der Waals surface area contributed by atoms with E-state index in [-0.39, 0.29) is 5.82 Å². The summed E-state index contributed by atoms with van der Waals surface area (Å²) in [7, 11) is 0. The maximum Gasteiger partial charge on any atom is 0.235 e. The van der Waals surface area contributed by atoms with Crippen molar-refractivity contribution < 1.29 is 4.52 Å². The fourth-order valence-corrected chi connectivity index (χ4v) is 2.23. The van der Waals surface area contributed by atoms with E-state index >= 15 is 0 Å². The topological polar surface area (TPSA) is 80.5 Å². The van der Waals surface area contributed by atoms with Crippen LogP contribution in [0.2, 0.25) is 0 Å². The highest BCUT2D eigenvalue weighted by atomic mass is 32.1. The highest BCUT2D eigenvalue weighted by Gasteiger charge is 2.10. The Kier molecular flexibility index (Phi) is 2.63. The van der Waals surface area contributed by atoms with Gasteiger partial charge in [-0.05, 0) is 11.4 Å². The van der Waals surface area contributed by atoms with Gasteiger partial charge < -0.3 is 4.52 Å². The van der Waals surface area contributed by atoms with E-state index in [4.69, 9.17) is 9.78 Å². The number of nitriles is 1. The van der Waals surface area contributed by atoms with Crippen LogP contribution < -0.4 is 0 Å². The summed E-state index contributed by atoms with van der Waals surface area (Å²) in [6.45, 7) is 0.421. The Morgan fingerprint density at radius 2 is 2.44 bits per heavy atom. The number of rotatable bonds is 3. The van der Waals surface area contributed by atoms with E-state index in [1.54, 1.807) is 15.9 Å². The van der Waals surface area contributed by atoms with Gasteiger partial charge in [0.1, 0.15) is 18.1 Å². The van der Waals surface area contributed by atoms with Gasteiger partial charge in [-0.2, -0.15) is 5.26 Å². The molecule has 0 bridgehead atoms. The summed E-state index contributed by atoms with van der Waals surface area (Å²) in [5.74, 6) is 0.988. The molecule has 0 amide bonds. The van der Waals surface area contributed by atoms with Gasteiger partial charge in [0.15, 0.2) is 5.76 Å². The molecule has 3 aromatic heterocycles. The van der Waals surface area contributed by atoms with E-state index in [1.165, 1.54) is 6.33 Å². The number of thiophene rings is 1. The SMILES string of the molecule is N#Cc1nncn1Cc1cc(-c2cccs2)on1. The van der Waals surface area contributed by atoms with Crippen LogP contribution in [0.15, 0.2) is 34.4 Å². The van der Waals surface area contributed by atoms with Gasteiger partial charge in [-0.1, -0.05) is 11.2 Å².